The third-order valence-electron chi connectivity index (χ3n) is 2.61. The van der Waals surface area contributed by atoms with Crippen LogP contribution in [0.5, 0.6) is 5.75 Å². The average molecular weight is 300 g/mol. The molecule has 0 aromatic heterocycles. The third-order valence-corrected chi connectivity index (χ3v) is 2.84. The van der Waals surface area contributed by atoms with Crippen molar-refractivity contribution >= 4 is 23.5 Å². The minimum absolute atomic E-state index is 0.00647. The molecule has 0 fully saturated rings. The van der Waals surface area contributed by atoms with Crippen LogP contribution in [-0.2, 0) is 20.7 Å². The van der Waals surface area contributed by atoms with Crippen molar-refractivity contribution in [1.29, 1.82) is 0 Å². The molecule has 0 aliphatic carbocycles. The first kappa shape index (κ1) is 16.3. The van der Waals surface area contributed by atoms with Crippen molar-refractivity contribution in [2.75, 3.05) is 13.7 Å². The molecule has 0 unspecified atom stereocenters. The lowest BCUT2D eigenvalue weighted by atomic mass is 10.1. The first-order chi connectivity index (χ1) is 9.47. The van der Waals surface area contributed by atoms with Crippen molar-refractivity contribution in [2.45, 2.75) is 26.4 Å². The molecular formula is C14H18ClNO4. The van der Waals surface area contributed by atoms with Gasteiger partial charge in [-0.1, -0.05) is 11.6 Å². The average Bonchev–Trinajstić information content (AvgIpc) is 2.39. The molecule has 0 aliphatic rings. The molecule has 0 radical (unpaired) electrons. The number of methoxy groups -OCH3 is 1. The maximum Gasteiger partial charge on any atom is 0.311 e. The van der Waals surface area contributed by atoms with Gasteiger partial charge in [-0.15, -0.1) is 0 Å². The first-order valence-corrected chi connectivity index (χ1v) is 6.65. The Hall–Kier alpha value is -1.75. The van der Waals surface area contributed by atoms with E-state index in [2.05, 4.69) is 5.32 Å². The Kier molecular flexibility index (Phi) is 6.31. The quantitative estimate of drug-likeness (QED) is 0.816. The summed E-state index contributed by atoms with van der Waals surface area (Å²) in [5, 5.41) is 3.09. The minimum atomic E-state index is -0.826. The molecule has 0 saturated heterocycles. The van der Waals surface area contributed by atoms with Gasteiger partial charge in [-0.2, -0.15) is 0 Å². The number of likely N-dealkylation sites (N-methyl/N-ethyl adjacent to an activating group) is 1. The van der Waals surface area contributed by atoms with Crippen LogP contribution in [-0.4, -0.2) is 31.6 Å². The van der Waals surface area contributed by atoms with Crippen molar-refractivity contribution in [2.24, 2.45) is 0 Å². The van der Waals surface area contributed by atoms with Gasteiger partial charge in [0.05, 0.1) is 13.5 Å². The number of hydrogen-bond acceptors (Lipinski definition) is 4. The highest BCUT2D eigenvalue weighted by atomic mass is 35.5. The molecular weight excluding hydrogens is 282 g/mol. The van der Waals surface area contributed by atoms with E-state index in [-0.39, 0.29) is 12.3 Å². The van der Waals surface area contributed by atoms with Crippen LogP contribution in [0, 0.1) is 0 Å². The molecule has 110 valence electrons. The fourth-order valence-corrected chi connectivity index (χ4v) is 1.85. The summed E-state index contributed by atoms with van der Waals surface area (Å²) in [4.78, 5) is 23.3. The molecule has 0 aliphatic heterocycles. The molecule has 0 heterocycles. The van der Waals surface area contributed by atoms with E-state index in [9.17, 15) is 9.59 Å². The number of benzene rings is 1. The Morgan fingerprint density at radius 3 is 2.70 bits per heavy atom. The first-order valence-electron chi connectivity index (χ1n) is 6.27. The molecule has 20 heavy (non-hydrogen) atoms. The lowest BCUT2D eigenvalue weighted by Crippen LogP contribution is -2.35. The molecule has 0 saturated carbocycles. The van der Waals surface area contributed by atoms with Crippen molar-refractivity contribution in [3.8, 4) is 5.75 Å². The van der Waals surface area contributed by atoms with E-state index in [1.807, 2.05) is 0 Å². The largest absolute Gasteiger partial charge is 0.496 e. The number of carbonyl (C=O) groups is 2. The molecule has 1 aromatic rings. The van der Waals surface area contributed by atoms with Crippen LogP contribution in [0.4, 0.5) is 0 Å². The molecule has 0 bridgehead atoms. The third kappa shape index (κ3) is 4.74. The smallest absolute Gasteiger partial charge is 0.311 e. The van der Waals surface area contributed by atoms with Crippen molar-refractivity contribution in [1.82, 2.24) is 5.32 Å². The van der Waals surface area contributed by atoms with Crippen LogP contribution in [0.25, 0.3) is 0 Å². The second-order valence-electron chi connectivity index (χ2n) is 4.16. The summed E-state index contributed by atoms with van der Waals surface area (Å²) in [7, 11) is 1.51. The summed E-state index contributed by atoms with van der Waals surface area (Å²) in [6, 6.07) is 4.99. The van der Waals surface area contributed by atoms with Gasteiger partial charge in [0, 0.05) is 17.1 Å². The molecule has 1 amide bonds. The van der Waals surface area contributed by atoms with Crippen LogP contribution in [0.3, 0.4) is 0 Å². The lowest BCUT2D eigenvalue weighted by Gasteiger charge is -2.13. The summed E-state index contributed by atoms with van der Waals surface area (Å²) >= 11 is 5.88. The molecule has 1 rings (SSSR count). The monoisotopic (exact) mass is 299 g/mol. The van der Waals surface area contributed by atoms with E-state index in [0.717, 1.165) is 0 Å². The highest BCUT2D eigenvalue weighted by Gasteiger charge is 2.18. The standard InChI is InChI=1S/C14H18ClNO4/c1-4-16-14(18)9(2)20-13(17)8-10-7-11(15)5-6-12(10)19-3/h5-7,9H,4,8H2,1-3H3,(H,16,18)/t9-/m1/s1. The second-order valence-corrected chi connectivity index (χ2v) is 4.60. The number of amides is 1. The number of ether oxygens (including phenoxy) is 2. The summed E-state index contributed by atoms with van der Waals surface area (Å²) < 4.78 is 10.2. The lowest BCUT2D eigenvalue weighted by molar-refractivity contribution is -0.154. The SMILES string of the molecule is CCNC(=O)[C@@H](C)OC(=O)Cc1cc(Cl)ccc1OC. The van der Waals surface area contributed by atoms with Gasteiger partial charge in [-0.05, 0) is 32.0 Å². The van der Waals surface area contributed by atoms with Crippen LogP contribution in [0.2, 0.25) is 5.02 Å². The number of nitrogens with one attached hydrogen (secondary N) is 1. The van der Waals surface area contributed by atoms with Crippen LogP contribution in [0.15, 0.2) is 18.2 Å². The molecule has 1 N–H and O–H groups in total. The second kappa shape index (κ2) is 7.75. The predicted molar refractivity (Wildman–Crippen MR) is 75.9 cm³/mol. The van der Waals surface area contributed by atoms with E-state index >= 15 is 0 Å². The Bertz CT molecular complexity index is 490. The zero-order chi connectivity index (χ0) is 15.1. The zero-order valence-corrected chi connectivity index (χ0v) is 12.5. The van der Waals surface area contributed by atoms with Crippen LogP contribution >= 0.6 is 11.6 Å². The number of halogens is 1. The van der Waals surface area contributed by atoms with Gasteiger partial charge < -0.3 is 14.8 Å². The molecule has 1 atom stereocenters. The minimum Gasteiger partial charge on any atom is -0.496 e. The van der Waals surface area contributed by atoms with Gasteiger partial charge in [-0.25, -0.2) is 0 Å². The van der Waals surface area contributed by atoms with Gasteiger partial charge in [0.1, 0.15) is 5.75 Å². The fourth-order valence-electron chi connectivity index (χ4n) is 1.65. The van der Waals surface area contributed by atoms with Crippen molar-refractivity contribution in [3.63, 3.8) is 0 Å². The predicted octanol–water partition coefficient (Wildman–Crippen LogP) is 1.96. The zero-order valence-electron chi connectivity index (χ0n) is 11.7. The summed E-state index contributed by atoms with van der Waals surface area (Å²) in [5.41, 5.74) is 0.619. The number of carbonyl (C=O) groups excluding carboxylic acids is 2. The fraction of sp³-hybridized carbons (Fsp3) is 0.429. The summed E-state index contributed by atoms with van der Waals surface area (Å²) in [5.74, 6) is -0.278. The van der Waals surface area contributed by atoms with E-state index in [1.54, 1.807) is 25.1 Å². The van der Waals surface area contributed by atoms with Crippen molar-refractivity contribution < 1.29 is 19.1 Å². The highest BCUT2D eigenvalue weighted by Crippen LogP contribution is 2.23. The molecule has 1 aromatic carbocycles. The number of esters is 1. The van der Waals surface area contributed by atoms with E-state index in [4.69, 9.17) is 21.1 Å². The summed E-state index contributed by atoms with van der Waals surface area (Å²) in [6.07, 6.45) is -0.833. The Labute approximate surface area is 123 Å². The maximum atomic E-state index is 11.8. The van der Waals surface area contributed by atoms with Crippen LogP contribution in [0.1, 0.15) is 19.4 Å². The van der Waals surface area contributed by atoms with Gasteiger partial charge in [0.15, 0.2) is 6.10 Å². The Balaban J connectivity index is 2.67. The Morgan fingerprint density at radius 2 is 2.10 bits per heavy atom. The van der Waals surface area contributed by atoms with Crippen LogP contribution < -0.4 is 10.1 Å². The van der Waals surface area contributed by atoms with Gasteiger partial charge in [0.2, 0.25) is 0 Å². The summed E-state index contributed by atoms with van der Waals surface area (Å²) in [6.45, 7) is 3.81. The normalized spacial score (nSPS) is 11.6. The maximum absolute atomic E-state index is 11.8. The van der Waals surface area contributed by atoms with Gasteiger partial charge >= 0.3 is 5.97 Å². The van der Waals surface area contributed by atoms with Gasteiger partial charge in [0.25, 0.3) is 5.91 Å². The van der Waals surface area contributed by atoms with E-state index in [0.29, 0.717) is 22.9 Å². The van der Waals surface area contributed by atoms with E-state index < -0.39 is 12.1 Å². The topological polar surface area (TPSA) is 64.6 Å². The van der Waals surface area contributed by atoms with Gasteiger partial charge in [-0.3, -0.25) is 9.59 Å². The Morgan fingerprint density at radius 1 is 1.40 bits per heavy atom. The molecule has 0 spiro atoms. The van der Waals surface area contributed by atoms with E-state index in [1.165, 1.54) is 14.0 Å². The number of hydrogen-bond donors (Lipinski definition) is 1. The molecule has 6 heteroatoms. The highest BCUT2D eigenvalue weighted by molar-refractivity contribution is 6.30. The molecule has 5 nitrogen and oxygen atoms in total. The van der Waals surface area contributed by atoms with Crippen molar-refractivity contribution in [3.05, 3.63) is 28.8 Å². The number of rotatable bonds is 6.